The Bertz CT molecular complexity index is 626. The van der Waals surface area contributed by atoms with Crippen LogP contribution in [-0.4, -0.2) is 60.5 Å². The van der Waals surface area contributed by atoms with Crippen molar-refractivity contribution >= 4 is 47.4 Å². The Morgan fingerprint density at radius 2 is 1.96 bits per heavy atom. The van der Waals surface area contributed by atoms with Crippen LogP contribution >= 0.6 is 35.6 Å². The fourth-order valence-electron chi connectivity index (χ4n) is 3.26. The third-order valence-corrected chi connectivity index (χ3v) is 5.18. The fourth-order valence-corrected chi connectivity index (χ4v) is 3.54. The maximum Gasteiger partial charge on any atom is 0.243 e. The van der Waals surface area contributed by atoms with Crippen molar-refractivity contribution in [3.8, 4) is 0 Å². The molecule has 0 spiro atoms. The molecular weight excluding hydrogens is 477 g/mol. The van der Waals surface area contributed by atoms with Crippen LogP contribution in [0.25, 0.3) is 0 Å². The Balaban J connectivity index is 0.00000364. The molecule has 1 aliphatic rings. The summed E-state index contributed by atoms with van der Waals surface area (Å²) in [5.41, 5.74) is 1.10. The number of nitrogens with zero attached hydrogens (tertiary/aromatic N) is 4. The molecule has 1 heterocycles. The van der Waals surface area contributed by atoms with E-state index in [1.165, 1.54) is 32.1 Å². The third kappa shape index (κ3) is 7.89. The van der Waals surface area contributed by atoms with E-state index >= 15 is 0 Å². The third-order valence-electron chi connectivity index (χ3n) is 4.97. The number of amides is 1. The Kier molecular flexibility index (Phi) is 10.5. The minimum Gasteiger partial charge on any atom is -0.356 e. The van der Waals surface area contributed by atoms with Crippen molar-refractivity contribution in [1.82, 2.24) is 19.7 Å². The van der Waals surface area contributed by atoms with Gasteiger partial charge in [0.1, 0.15) is 6.54 Å². The van der Waals surface area contributed by atoms with Crippen molar-refractivity contribution in [1.29, 1.82) is 0 Å². The minimum absolute atomic E-state index is 0. The molecule has 1 N–H and O–H groups in total. The number of hydrogen-bond acceptors (Lipinski definition) is 2. The molecule has 1 aromatic heterocycles. The number of likely N-dealkylation sites (N-methyl/N-ethyl adjacent to an activating group) is 1. The topological polar surface area (TPSA) is 52.9 Å². The van der Waals surface area contributed by atoms with Gasteiger partial charge in [0, 0.05) is 46.6 Å². The van der Waals surface area contributed by atoms with E-state index in [2.05, 4.69) is 15.2 Å². The van der Waals surface area contributed by atoms with Gasteiger partial charge in [0.05, 0.1) is 11.6 Å². The molecule has 1 fully saturated rings. The van der Waals surface area contributed by atoms with E-state index in [0.717, 1.165) is 23.2 Å². The van der Waals surface area contributed by atoms with Crippen LogP contribution in [0.2, 0.25) is 5.02 Å². The second-order valence-corrected chi connectivity index (χ2v) is 7.87. The molecule has 1 saturated carbocycles. The predicted molar refractivity (Wildman–Crippen MR) is 123 cm³/mol. The summed E-state index contributed by atoms with van der Waals surface area (Å²) in [6.45, 7) is 1.74. The van der Waals surface area contributed by atoms with E-state index in [4.69, 9.17) is 11.6 Å². The molecule has 6 nitrogen and oxygen atoms in total. The highest BCUT2D eigenvalue weighted by Gasteiger charge is 2.16. The number of halogens is 2. The molecule has 154 valence electrons. The first-order valence-corrected chi connectivity index (χ1v) is 9.75. The highest BCUT2D eigenvalue weighted by molar-refractivity contribution is 14.0. The number of carbonyl (C=O) groups is 1. The zero-order valence-corrected chi connectivity index (χ0v) is 20.0. The van der Waals surface area contributed by atoms with Crippen LogP contribution in [-0.2, 0) is 18.4 Å². The van der Waals surface area contributed by atoms with Gasteiger partial charge in [-0.15, -0.1) is 24.0 Å². The first kappa shape index (κ1) is 24.1. The summed E-state index contributed by atoms with van der Waals surface area (Å²) in [4.78, 5) is 20.1. The quantitative estimate of drug-likeness (QED) is 0.364. The monoisotopic (exact) mass is 509 g/mol. The molecule has 0 aliphatic heterocycles. The van der Waals surface area contributed by atoms with E-state index < -0.39 is 0 Å². The predicted octanol–water partition coefficient (Wildman–Crippen LogP) is 3.34. The number of rotatable bonds is 6. The minimum atomic E-state index is -0.00252. The molecule has 2 rings (SSSR count). The number of hydrogen-bond donors (Lipinski definition) is 1. The van der Waals surface area contributed by atoms with Gasteiger partial charge in [-0.05, 0) is 24.8 Å². The highest BCUT2D eigenvalue weighted by atomic mass is 127. The second kappa shape index (κ2) is 11.8. The van der Waals surface area contributed by atoms with Crippen LogP contribution in [0.1, 0.15) is 37.8 Å². The first-order chi connectivity index (χ1) is 12.4. The number of guanidine groups is 1. The lowest BCUT2D eigenvalue weighted by molar-refractivity contribution is -0.127. The average molecular weight is 510 g/mol. The van der Waals surface area contributed by atoms with Crippen molar-refractivity contribution in [2.24, 2.45) is 18.0 Å². The summed E-state index contributed by atoms with van der Waals surface area (Å²) in [6.07, 6.45) is 8.42. The molecule has 0 atom stereocenters. The van der Waals surface area contributed by atoms with E-state index in [9.17, 15) is 4.79 Å². The van der Waals surface area contributed by atoms with Crippen LogP contribution in [0.15, 0.2) is 17.3 Å². The van der Waals surface area contributed by atoms with E-state index in [1.54, 1.807) is 19.0 Å². The van der Waals surface area contributed by atoms with Crippen LogP contribution in [0, 0.1) is 5.92 Å². The molecule has 0 saturated heterocycles. The zero-order valence-electron chi connectivity index (χ0n) is 16.9. The first-order valence-electron chi connectivity index (χ1n) is 9.37. The van der Waals surface area contributed by atoms with Crippen LogP contribution in [0.3, 0.4) is 0 Å². The van der Waals surface area contributed by atoms with Gasteiger partial charge in [0.25, 0.3) is 0 Å². The van der Waals surface area contributed by atoms with Crippen molar-refractivity contribution in [3.05, 3.63) is 23.0 Å². The largest absolute Gasteiger partial charge is 0.356 e. The van der Waals surface area contributed by atoms with E-state index in [0.29, 0.717) is 12.5 Å². The zero-order chi connectivity index (χ0) is 19.1. The average Bonchev–Trinajstić information content (AvgIpc) is 2.92. The molecular formula is C19H33ClIN5O. The van der Waals surface area contributed by atoms with Gasteiger partial charge in [-0.25, -0.2) is 4.99 Å². The van der Waals surface area contributed by atoms with Crippen LogP contribution in [0.4, 0.5) is 0 Å². The van der Waals surface area contributed by atoms with Crippen molar-refractivity contribution in [2.75, 3.05) is 34.2 Å². The molecule has 8 heteroatoms. The molecule has 0 bridgehead atoms. The van der Waals surface area contributed by atoms with E-state index in [1.807, 2.05) is 30.9 Å². The Labute approximate surface area is 185 Å². The van der Waals surface area contributed by atoms with Gasteiger partial charge in [0.2, 0.25) is 5.91 Å². The van der Waals surface area contributed by atoms with Gasteiger partial charge in [-0.1, -0.05) is 30.9 Å². The number of aliphatic imine (C=N–C) groups is 1. The smallest absolute Gasteiger partial charge is 0.243 e. The van der Waals surface area contributed by atoms with Gasteiger partial charge >= 0.3 is 0 Å². The molecule has 1 aliphatic carbocycles. The summed E-state index contributed by atoms with van der Waals surface area (Å²) in [7, 11) is 7.48. The summed E-state index contributed by atoms with van der Waals surface area (Å²) in [5, 5.41) is 4.22. The van der Waals surface area contributed by atoms with Gasteiger partial charge in [-0.2, -0.15) is 0 Å². The fraction of sp³-hybridized carbons (Fsp3) is 0.684. The number of aryl methyl sites for hydroxylation is 1. The number of nitrogens with one attached hydrogen (secondary N) is 1. The number of carbonyl (C=O) groups excluding carboxylic acids is 1. The second-order valence-electron chi connectivity index (χ2n) is 7.43. The highest BCUT2D eigenvalue weighted by Crippen LogP contribution is 2.22. The van der Waals surface area contributed by atoms with Crippen LogP contribution in [0.5, 0.6) is 0 Å². The van der Waals surface area contributed by atoms with Crippen molar-refractivity contribution in [3.63, 3.8) is 0 Å². The summed E-state index contributed by atoms with van der Waals surface area (Å²) in [5.74, 6) is 1.46. The Hall–Kier alpha value is -0.960. The Morgan fingerprint density at radius 1 is 1.30 bits per heavy atom. The van der Waals surface area contributed by atoms with Crippen molar-refractivity contribution in [2.45, 2.75) is 38.6 Å². The molecule has 1 aromatic rings. The SMILES string of the molecule is CN(C)C(=O)CN=C(NCC1CCCCC1)N(C)Cc1cc(Cl)cn1C.I. The lowest BCUT2D eigenvalue weighted by atomic mass is 9.89. The summed E-state index contributed by atoms with van der Waals surface area (Å²) < 4.78 is 2.02. The van der Waals surface area contributed by atoms with Crippen LogP contribution < -0.4 is 5.32 Å². The van der Waals surface area contributed by atoms with E-state index in [-0.39, 0.29) is 36.4 Å². The number of aromatic nitrogens is 1. The van der Waals surface area contributed by atoms with Gasteiger partial charge in [-0.3, -0.25) is 4.79 Å². The lowest BCUT2D eigenvalue weighted by Gasteiger charge is -2.27. The maximum absolute atomic E-state index is 11.9. The van der Waals surface area contributed by atoms with Crippen molar-refractivity contribution < 1.29 is 4.79 Å². The van der Waals surface area contributed by atoms with Gasteiger partial charge in [0.15, 0.2) is 5.96 Å². The standard InChI is InChI=1S/C19H32ClN5O.HI/c1-23(2)18(26)12-22-19(21-11-15-8-6-5-7-9-15)25(4)14-17-10-16(20)13-24(17)3;/h10,13,15H,5-9,11-12,14H2,1-4H3,(H,21,22);1H. The molecule has 27 heavy (non-hydrogen) atoms. The van der Waals surface area contributed by atoms with Gasteiger partial charge < -0.3 is 19.7 Å². The molecule has 0 unspecified atom stereocenters. The summed E-state index contributed by atoms with van der Waals surface area (Å²) in [6, 6.07) is 1.96. The Morgan fingerprint density at radius 3 is 2.52 bits per heavy atom. The molecule has 1 amide bonds. The molecule has 0 radical (unpaired) electrons. The molecule has 0 aromatic carbocycles. The summed E-state index contributed by atoms with van der Waals surface area (Å²) >= 11 is 6.09. The maximum atomic E-state index is 11.9. The lowest BCUT2D eigenvalue weighted by Crippen LogP contribution is -2.42. The normalized spacial score (nSPS) is 15.2.